The van der Waals surface area contributed by atoms with Gasteiger partial charge in [0.15, 0.2) is 0 Å². The van der Waals surface area contributed by atoms with Gasteiger partial charge in [-0.05, 0) is 104 Å². The van der Waals surface area contributed by atoms with E-state index in [0.717, 1.165) is 170 Å². The van der Waals surface area contributed by atoms with Crippen LogP contribution in [0, 0.1) is 11.3 Å². The Labute approximate surface area is 504 Å². The van der Waals surface area contributed by atoms with E-state index in [1.807, 2.05) is 0 Å². The molecule has 0 spiro atoms. The molecule has 0 amide bonds. The first-order valence-electron chi connectivity index (χ1n) is 30.0. The Morgan fingerprint density at radius 2 is 0.557 bits per heavy atom. The van der Waals surface area contributed by atoms with Crippen LogP contribution in [0.25, 0.3) is 176 Å². The van der Waals surface area contributed by atoms with Gasteiger partial charge in [-0.3, -0.25) is 0 Å². The van der Waals surface area contributed by atoms with Gasteiger partial charge in [0.1, 0.15) is 11.6 Å². The second kappa shape index (κ2) is 18.5. The molecule has 14 aromatic carbocycles. The molecule has 0 bridgehead atoms. The number of hydrogen-bond acceptors (Lipinski definition) is 2. The number of nitriles is 1. The third-order valence-corrected chi connectivity index (χ3v) is 18.7. The van der Waals surface area contributed by atoms with E-state index in [1.165, 1.54) is 0 Å². The van der Waals surface area contributed by atoms with Crippen LogP contribution >= 0.6 is 0 Å². The van der Waals surface area contributed by atoms with Gasteiger partial charge in [0.25, 0.3) is 0 Å². The maximum atomic E-state index is 13.3. The average Bonchev–Trinajstić information content (AvgIpc) is 1.46. The predicted octanol–water partition coefficient (Wildman–Crippen LogP) is 21.3. The Kier molecular flexibility index (Phi) is 10.2. The van der Waals surface area contributed by atoms with Crippen LogP contribution in [0.15, 0.2) is 291 Å². The second-order valence-corrected chi connectivity index (χ2v) is 23.2. The molecule has 0 saturated carbocycles. The van der Waals surface area contributed by atoms with Crippen LogP contribution in [0.4, 0.5) is 0 Å². The summed E-state index contributed by atoms with van der Waals surface area (Å²) in [6.07, 6.45) is 0. The molecule has 0 aliphatic rings. The predicted molar refractivity (Wildman–Crippen MR) is 367 cm³/mol. The number of aromatic nitrogens is 5. The number of hydrogen-bond donors (Lipinski definition) is 0. The van der Waals surface area contributed by atoms with Crippen molar-refractivity contribution in [2.75, 3.05) is 0 Å². The van der Waals surface area contributed by atoms with Gasteiger partial charge >= 0.3 is 0 Å². The van der Waals surface area contributed by atoms with E-state index in [2.05, 4.69) is 316 Å². The zero-order chi connectivity index (χ0) is 57.7. The molecule has 6 nitrogen and oxygen atoms in total. The van der Waals surface area contributed by atoms with E-state index in [1.54, 1.807) is 0 Å². The van der Waals surface area contributed by atoms with Gasteiger partial charge < -0.3 is 18.3 Å². The molecule has 19 rings (SSSR count). The highest BCUT2D eigenvalue weighted by Gasteiger charge is 2.36. The lowest BCUT2D eigenvalue weighted by molar-refractivity contribution is 1.03. The smallest absolute Gasteiger partial charge is 0.104 e. The first-order valence-corrected chi connectivity index (χ1v) is 30.0. The van der Waals surface area contributed by atoms with Crippen LogP contribution in [0.3, 0.4) is 0 Å². The van der Waals surface area contributed by atoms with Crippen molar-refractivity contribution in [2.45, 2.75) is 0 Å². The average molecular weight is 1120 g/mol. The van der Waals surface area contributed by atoms with Crippen LogP contribution in [-0.2, 0) is 0 Å². The molecule has 0 N–H and O–H groups in total. The van der Waals surface area contributed by atoms with Crippen molar-refractivity contribution < 1.29 is 0 Å². The molecule has 5 heterocycles. The summed E-state index contributed by atoms with van der Waals surface area (Å²) in [6, 6.07) is 108. The topological polar surface area (TPSA) is 56.4 Å². The molecule has 0 atom stereocenters. The fourth-order valence-corrected chi connectivity index (χ4v) is 15.2. The summed E-state index contributed by atoms with van der Waals surface area (Å²) in [4.78, 5) is 5.91. The summed E-state index contributed by atoms with van der Waals surface area (Å²) in [6.45, 7) is 0. The summed E-state index contributed by atoms with van der Waals surface area (Å²) >= 11 is 0. The molecule has 0 radical (unpaired) electrons. The number of pyridine rings is 1. The van der Waals surface area contributed by atoms with E-state index in [0.29, 0.717) is 11.3 Å². The molecule has 19 aromatic rings. The summed E-state index contributed by atoms with van der Waals surface area (Å²) in [5.74, 6) is 0. The normalized spacial score (nSPS) is 12.1. The summed E-state index contributed by atoms with van der Waals surface area (Å²) in [5.41, 5.74) is 15.0. The maximum absolute atomic E-state index is 13.3. The highest BCUT2D eigenvalue weighted by Crippen LogP contribution is 2.53. The standard InChI is InChI=1S/C82H48N6/c83-49-63-79(85-66-37-16-12-31-59(66)74-55-27-8-4-21-50(55)41-45-70(74)85)78(65-36-20-35-64(84-65)54-25-2-1-3-26-54)81(87-68-39-18-14-33-61(68)76-57-29-10-6-23-52(57)43-47-72(76)87)82(88-69-40-19-15-34-62(69)77-58-30-11-7-24-53(58)44-48-73(77)88)80(63)86-67-38-17-13-32-60(67)75-56-28-9-5-22-51(56)42-46-71(75)86/h1-48H. The van der Waals surface area contributed by atoms with Gasteiger partial charge in [0, 0.05) is 48.7 Å². The molecule has 406 valence electrons. The summed E-state index contributed by atoms with van der Waals surface area (Å²) in [5, 5.41) is 31.4. The summed E-state index contributed by atoms with van der Waals surface area (Å²) < 4.78 is 9.87. The molecular weight excluding hydrogens is 1070 g/mol. The minimum atomic E-state index is 0.491. The largest absolute Gasteiger partial charge is 0.307 e. The Bertz CT molecular complexity index is 6260. The van der Waals surface area contributed by atoms with Crippen LogP contribution in [-0.4, -0.2) is 23.3 Å². The molecular formula is C82H48N6. The van der Waals surface area contributed by atoms with E-state index in [-0.39, 0.29) is 0 Å². The Morgan fingerprint density at radius 1 is 0.239 bits per heavy atom. The van der Waals surface area contributed by atoms with Gasteiger partial charge in [0.05, 0.1) is 83.8 Å². The lowest BCUT2D eigenvalue weighted by Crippen LogP contribution is -2.16. The number of nitrogens with zero attached hydrogens (tertiary/aromatic N) is 6. The van der Waals surface area contributed by atoms with Crippen LogP contribution < -0.4 is 0 Å². The lowest BCUT2D eigenvalue weighted by atomic mass is 9.95. The van der Waals surface area contributed by atoms with Gasteiger partial charge in [-0.1, -0.05) is 231 Å². The quantitative estimate of drug-likeness (QED) is 0.167. The van der Waals surface area contributed by atoms with Gasteiger partial charge in [-0.2, -0.15) is 5.26 Å². The Morgan fingerprint density at radius 3 is 0.955 bits per heavy atom. The van der Waals surface area contributed by atoms with Crippen molar-refractivity contribution >= 4 is 130 Å². The van der Waals surface area contributed by atoms with Gasteiger partial charge in [0.2, 0.25) is 0 Å². The summed E-state index contributed by atoms with van der Waals surface area (Å²) in [7, 11) is 0. The number of benzene rings is 14. The molecule has 0 fully saturated rings. The molecule has 6 heteroatoms. The fraction of sp³-hybridized carbons (Fsp3) is 0. The number of rotatable bonds is 6. The van der Waals surface area contributed by atoms with Crippen molar-refractivity contribution in [1.29, 1.82) is 5.26 Å². The fourth-order valence-electron chi connectivity index (χ4n) is 15.2. The Balaban J connectivity index is 1.17. The highest BCUT2D eigenvalue weighted by atomic mass is 15.1. The maximum Gasteiger partial charge on any atom is 0.104 e. The monoisotopic (exact) mass is 1120 g/mol. The minimum absolute atomic E-state index is 0.491. The van der Waals surface area contributed by atoms with Gasteiger partial charge in [-0.15, -0.1) is 0 Å². The van der Waals surface area contributed by atoms with Crippen molar-refractivity contribution in [3.63, 3.8) is 0 Å². The number of para-hydroxylation sites is 4. The third kappa shape index (κ3) is 6.61. The molecule has 0 aliphatic carbocycles. The van der Waals surface area contributed by atoms with Crippen LogP contribution in [0.1, 0.15) is 5.56 Å². The lowest BCUT2D eigenvalue weighted by Gasteiger charge is -2.29. The van der Waals surface area contributed by atoms with E-state index in [4.69, 9.17) is 4.98 Å². The van der Waals surface area contributed by atoms with Crippen molar-refractivity contribution in [3.05, 3.63) is 297 Å². The first-order chi connectivity index (χ1) is 43.7. The molecule has 5 aromatic heterocycles. The van der Waals surface area contributed by atoms with Crippen molar-refractivity contribution in [2.24, 2.45) is 0 Å². The van der Waals surface area contributed by atoms with Crippen molar-refractivity contribution in [3.8, 4) is 51.3 Å². The van der Waals surface area contributed by atoms with Crippen molar-refractivity contribution in [1.82, 2.24) is 23.3 Å². The SMILES string of the molecule is N#Cc1c(-n2c3ccccc3c3c4ccccc4ccc32)c(-c2cccc(-c3ccccc3)n2)c(-n2c3ccccc3c3c4ccccc4ccc32)c(-n2c3ccccc3c3c4ccccc4ccc32)c1-n1c2ccccc2c2c3ccccc3ccc21. The minimum Gasteiger partial charge on any atom is -0.307 e. The van der Waals surface area contributed by atoms with Gasteiger partial charge in [-0.25, -0.2) is 4.98 Å². The first kappa shape index (κ1) is 48.3. The van der Waals surface area contributed by atoms with E-state index in [9.17, 15) is 5.26 Å². The van der Waals surface area contributed by atoms with Crippen LogP contribution in [0.5, 0.6) is 0 Å². The van der Waals surface area contributed by atoms with E-state index >= 15 is 0 Å². The molecule has 0 saturated heterocycles. The van der Waals surface area contributed by atoms with E-state index < -0.39 is 0 Å². The second-order valence-electron chi connectivity index (χ2n) is 23.2. The zero-order valence-electron chi connectivity index (χ0n) is 47.4. The highest BCUT2D eigenvalue weighted by molar-refractivity contribution is 6.27. The number of fused-ring (bicyclic) bond motifs is 20. The van der Waals surface area contributed by atoms with Crippen LogP contribution in [0.2, 0.25) is 0 Å². The third-order valence-electron chi connectivity index (χ3n) is 18.7. The molecule has 0 aliphatic heterocycles. The molecule has 0 unspecified atom stereocenters. The molecule has 88 heavy (non-hydrogen) atoms. The zero-order valence-corrected chi connectivity index (χ0v) is 47.4. The Hall–Kier alpha value is -12.0.